The number of halogens is 3. The lowest BCUT2D eigenvalue weighted by atomic mass is 10.1. The molecule has 17 heavy (non-hydrogen) atoms. The van der Waals surface area contributed by atoms with Crippen LogP contribution in [0.5, 0.6) is 5.75 Å². The molecule has 0 heterocycles. The van der Waals surface area contributed by atoms with Crippen LogP contribution in [0.4, 0.5) is 8.78 Å². The normalized spacial score (nSPS) is 17.9. The lowest BCUT2D eigenvalue weighted by Gasteiger charge is -2.21. The highest BCUT2D eigenvalue weighted by Gasteiger charge is 2.38. The third-order valence-electron chi connectivity index (χ3n) is 2.51. The van der Waals surface area contributed by atoms with E-state index in [1.54, 1.807) is 12.1 Å². The molecule has 2 rings (SSSR count). The number of nitrogens with one attached hydrogen (secondary N) is 1. The SMILES string of the molecule is NNC(c1cccc(OC2CC2)c1)C(F)(F)Cl. The van der Waals surface area contributed by atoms with Gasteiger partial charge in [0.1, 0.15) is 11.8 Å². The zero-order valence-electron chi connectivity index (χ0n) is 9.00. The molecule has 0 saturated heterocycles. The standard InChI is InChI=1S/C11H13ClF2N2O/c12-11(13,14)10(16-15)7-2-1-3-9(6-7)17-8-4-5-8/h1-3,6,8,10,16H,4-5,15H2. The molecule has 0 spiro atoms. The van der Waals surface area contributed by atoms with Gasteiger partial charge < -0.3 is 4.74 Å². The van der Waals surface area contributed by atoms with E-state index in [4.69, 9.17) is 22.2 Å². The summed E-state index contributed by atoms with van der Waals surface area (Å²) in [5.74, 6) is 5.66. The van der Waals surface area contributed by atoms with Gasteiger partial charge in [-0.25, -0.2) is 5.43 Å². The van der Waals surface area contributed by atoms with Crippen molar-refractivity contribution in [1.82, 2.24) is 5.43 Å². The number of alkyl halides is 3. The first kappa shape index (κ1) is 12.5. The summed E-state index contributed by atoms with van der Waals surface area (Å²) < 4.78 is 31.6. The summed E-state index contributed by atoms with van der Waals surface area (Å²) in [6, 6.07) is 4.98. The Morgan fingerprint density at radius 1 is 1.47 bits per heavy atom. The monoisotopic (exact) mass is 262 g/mol. The van der Waals surface area contributed by atoms with E-state index in [1.807, 2.05) is 5.43 Å². The Hall–Kier alpha value is -0.910. The van der Waals surface area contributed by atoms with Crippen molar-refractivity contribution in [2.24, 2.45) is 5.84 Å². The average molecular weight is 263 g/mol. The van der Waals surface area contributed by atoms with E-state index in [2.05, 4.69) is 0 Å². The quantitative estimate of drug-likeness (QED) is 0.487. The van der Waals surface area contributed by atoms with Crippen LogP contribution < -0.4 is 16.0 Å². The summed E-state index contributed by atoms with van der Waals surface area (Å²) in [6.45, 7) is 0. The minimum Gasteiger partial charge on any atom is -0.490 e. The van der Waals surface area contributed by atoms with E-state index >= 15 is 0 Å². The Morgan fingerprint density at radius 3 is 2.71 bits per heavy atom. The molecule has 0 amide bonds. The third-order valence-corrected chi connectivity index (χ3v) is 2.73. The minimum atomic E-state index is -3.45. The Balaban J connectivity index is 2.18. The molecule has 1 fully saturated rings. The maximum atomic E-state index is 13.1. The Labute approximate surface area is 103 Å². The van der Waals surface area contributed by atoms with Gasteiger partial charge in [-0.15, -0.1) is 0 Å². The molecule has 1 aromatic rings. The average Bonchev–Trinajstić information content (AvgIpc) is 3.01. The second-order valence-corrected chi connectivity index (χ2v) is 4.53. The summed E-state index contributed by atoms with van der Waals surface area (Å²) in [5, 5.41) is -3.45. The van der Waals surface area contributed by atoms with Crippen molar-refractivity contribution in [1.29, 1.82) is 0 Å². The van der Waals surface area contributed by atoms with Crippen LogP contribution >= 0.6 is 11.6 Å². The first-order chi connectivity index (χ1) is 8.00. The smallest absolute Gasteiger partial charge is 0.342 e. The topological polar surface area (TPSA) is 47.3 Å². The van der Waals surface area contributed by atoms with Crippen LogP contribution in [0.2, 0.25) is 0 Å². The molecule has 1 atom stereocenters. The number of hydrogen-bond acceptors (Lipinski definition) is 3. The fourth-order valence-corrected chi connectivity index (χ4v) is 1.71. The molecule has 3 nitrogen and oxygen atoms in total. The molecule has 1 aliphatic rings. The summed E-state index contributed by atoms with van der Waals surface area (Å²) in [7, 11) is 0. The van der Waals surface area contributed by atoms with Gasteiger partial charge in [-0.05, 0) is 42.1 Å². The highest BCUT2D eigenvalue weighted by molar-refractivity contribution is 6.22. The zero-order valence-corrected chi connectivity index (χ0v) is 9.75. The molecule has 0 radical (unpaired) electrons. The maximum absolute atomic E-state index is 13.1. The van der Waals surface area contributed by atoms with Crippen molar-refractivity contribution in [3.05, 3.63) is 29.8 Å². The molecule has 1 unspecified atom stereocenters. The van der Waals surface area contributed by atoms with E-state index in [0.29, 0.717) is 11.3 Å². The number of ether oxygens (including phenoxy) is 1. The molecule has 0 aromatic heterocycles. The van der Waals surface area contributed by atoms with E-state index in [0.717, 1.165) is 12.8 Å². The lowest BCUT2D eigenvalue weighted by molar-refractivity contribution is 0.0497. The fraction of sp³-hybridized carbons (Fsp3) is 0.455. The zero-order chi connectivity index (χ0) is 12.5. The lowest BCUT2D eigenvalue weighted by Crippen LogP contribution is -2.37. The second-order valence-electron chi connectivity index (χ2n) is 4.03. The molecule has 1 saturated carbocycles. The molecular weight excluding hydrogens is 250 g/mol. The molecule has 1 aliphatic carbocycles. The molecule has 6 heteroatoms. The highest BCUT2D eigenvalue weighted by atomic mass is 35.5. The Kier molecular flexibility index (Phi) is 3.51. The number of hydrogen-bond donors (Lipinski definition) is 2. The molecule has 0 bridgehead atoms. The number of hydrazine groups is 1. The van der Waals surface area contributed by atoms with Crippen LogP contribution in [-0.2, 0) is 0 Å². The van der Waals surface area contributed by atoms with Gasteiger partial charge in [-0.2, -0.15) is 8.78 Å². The molecule has 0 aliphatic heterocycles. The van der Waals surface area contributed by atoms with Gasteiger partial charge in [0.25, 0.3) is 0 Å². The molecule has 94 valence electrons. The number of rotatable bonds is 5. The van der Waals surface area contributed by atoms with Gasteiger partial charge in [0.05, 0.1) is 6.10 Å². The van der Waals surface area contributed by atoms with Gasteiger partial charge >= 0.3 is 5.38 Å². The first-order valence-electron chi connectivity index (χ1n) is 5.30. The molecular formula is C11H13ClF2N2O. The van der Waals surface area contributed by atoms with Crippen molar-refractivity contribution in [3.63, 3.8) is 0 Å². The second kappa shape index (κ2) is 4.76. The van der Waals surface area contributed by atoms with Crippen LogP contribution in [-0.4, -0.2) is 11.5 Å². The van der Waals surface area contributed by atoms with E-state index < -0.39 is 11.4 Å². The van der Waals surface area contributed by atoms with Crippen molar-refractivity contribution >= 4 is 11.6 Å². The number of nitrogens with two attached hydrogens (primary N) is 1. The predicted octanol–water partition coefficient (Wildman–Crippen LogP) is 2.56. The van der Waals surface area contributed by atoms with E-state index in [9.17, 15) is 8.78 Å². The van der Waals surface area contributed by atoms with Crippen LogP contribution in [0.15, 0.2) is 24.3 Å². The molecule has 1 aromatic carbocycles. The van der Waals surface area contributed by atoms with E-state index in [-0.39, 0.29) is 6.10 Å². The summed E-state index contributed by atoms with van der Waals surface area (Å²) in [6.07, 6.45) is 2.23. The summed E-state index contributed by atoms with van der Waals surface area (Å²) >= 11 is 4.99. The largest absolute Gasteiger partial charge is 0.490 e. The summed E-state index contributed by atoms with van der Waals surface area (Å²) in [5.41, 5.74) is 2.31. The maximum Gasteiger partial charge on any atom is 0.342 e. The van der Waals surface area contributed by atoms with Crippen molar-refractivity contribution in [2.45, 2.75) is 30.4 Å². The fourth-order valence-electron chi connectivity index (χ4n) is 1.53. The van der Waals surface area contributed by atoms with Crippen molar-refractivity contribution < 1.29 is 13.5 Å². The van der Waals surface area contributed by atoms with Gasteiger partial charge in [-0.3, -0.25) is 5.84 Å². The van der Waals surface area contributed by atoms with Crippen molar-refractivity contribution in [2.75, 3.05) is 0 Å². The van der Waals surface area contributed by atoms with Gasteiger partial charge in [0.15, 0.2) is 0 Å². The Bertz CT molecular complexity index is 393. The van der Waals surface area contributed by atoms with Crippen LogP contribution in [0.3, 0.4) is 0 Å². The first-order valence-corrected chi connectivity index (χ1v) is 5.68. The number of benzene rings is 1. The third kappa shape index (κ3) is 3.28. The van der Waals surface area contributed by atoms with Crippen LogP contribution in [0.25, 0.3) is 0 Å². The van der Waals surface area contributed by atoms with E-state index in [1.165, 1.54) is 12.1 Å². The van der Waals surface area contributed by atoms with Gasteiger partial charge in [0, 0.05) is 0 Å². The highest BCUT2D eigenvalue weighted by Crippen LogP contribution is 2.36. The molecule has 3 N–H and O–H groups in total. The summed E-state index contributed by atoms with van der Waals surface area (Å²) in [4.78, 5) is 0. The van der Waals surface area contributed by atoms with Crippen molar-refractivity contribution in [3.8, 4) is 5.75 Å². The Morgan fingerprint density at radius 2 is 2.18 bits per heavy atom. The predicted molar refractivity (Wildman–Crippen MR) is 61.0 cm³/mol. The van der Waals surface area contributed by atoms with Crippen LogP contribution in [0.1, 0.15) is 24.4 Å². The van der Waals surface area contributed by atoms with Gasteiger partial charge in [0.2, 0.25) is 0 Å². The van der Waals surface area contributed by atoms with Gasteiger partial charge in [-0.1, -0.05) is 12.1 Å². The minimum absolute atomic E-state index is 0.214. The van der Waals surface area contributed by atoms with Crippen LogP contribution in [0, 0.1) is 0 Å².